The van der Waals surface area contributed by atoms with Crippen LogP contribution in [0, 0.1) is 0 Å². The van der Waals surface area contributed by atoms with E-state index in [1.54, 1.807) is 0 Å². The molecule has 86 valence electrons. The van der Waals surface area contributed by atoms with E-state index in [1.165, 1.54) is 6.42 Å². The molecule has 0 saturated carbocycles. The van der Waals surface area contributed by atoms with Crippen molar-refractivity contribution in [2.75, 3.05) is 46.9 Å². The van der Waals surface area contributed by atoms with E-state index in [0.29, 0.717) is 0 Å². The van der Waals surface area contributed by atoms with E-state index in [0.717, 1.165) is 45.7 Å². The minimum Gasteiger partial charge on any atom is -0.381 e. The highest BCUT2D eigenvalue weighted by molar-refractivity contribution is 4.46. The van der Waals surface area contributed by atoms with E-state index in [-0.39, 0.29) is 0 Å². The summed E-state index contributed by atoms with van der Waals surface area (Å²) in [6.45, 7) is 7.30. The fraction of sp³-hybridized carbons (Fsp3) is 1.00. The average molecular weight is 202 g/mol. The summed E-state index contributed by atoms with van der Waals surface area (Å²) in [4.78, 5) is 2.19. The van der Waals surface area contributed by atoms with Crippen LogP contribution in [-0.2, 0) is 4.74 Å². The van der Waals surface area contributed by atoms with Gasteiger partial charge in [0.2, 0.25) is 0 Å². The molecule has 0 aromatic heterocycles. The Morgan fingerprint density at radius 3 is 2.43 bits per heavy atom. The number of nitrogens with one attached hydrogen (secondary N) is 1. The van der Waals surface area contributed by atoms with Gasteiger partial charge in [-0.3, -0.25) is 0 Å². The van der Waals surface area contributed by atoms with Gasteiger partial charge in [0.25, 0.3) is 0 Å². The van der Waals surface area contributed by atoms with Gasteiger partial charge in [-0.1, -0.05) is 6.92 Å². The molecule has 0 fully saturated rings. The van der Waals surface area contributed by atoms with Crippen LogP contribution in [0.2, 0.25) is 0 Å². The normalized spacial score (nSPS) is 11.1. The monoisotopic (exact) mass is 202 g/mol. The van der Waals surface area contributed by atoms with Gasteiger partial charge in [-0.05, 0) is 53.0 Å². The van der Waals surface area contributed by atoms with Crippen LogP contribution in [0.15, 0.2) is 0 Å². The predicted octanol–water partition coefficient (Wildman–Crippen LogP) is 1.34. The molecule has 0 rings (SSSR count). The molecule has 0 amide bonds. The van der Waals surface area contributed by atoms with Gasteiger partial charge in [0.1, 0.15) is 0 Å². The van der Waals surface area contributed by atoms with Crippen molar-refractivity contribution in [1.82, 2.24) is 10.2 Å². The second kappa shape index (κ2) is 11.0. The molecule has 0 saturated heterocycles. The fourth-order valence-corrected chi connectivity index (χ4v) is 1.19. The average Bonchev–Trinajstić information content (AvgIpc) is 2.15. The lowest BCUT2D eigenvalue weighted by Gasteiger charge is -2.09. The Labute approximate surface area is 88.8 Å². The first-order chi connectivity index (χ1) is 6.77. The molecule has 14 heavy (non-hydrogen) atoms. The molecule has 0 spiro atoms. The zero-order valence-corrected chi connectivity index (χ0v) is 10.0. The van der Waals surface area contributed by atoms with E-state index < -0.39 is 0 Å². The first-order valence-corrected chi connectivity index (χ1v) is 5.70. The minimum atomic E-state index is 0.893. The fourth-order valence-electron chi connectivity index (χ4n) is 1.19. The van der Waals surface area contributed by atoms with E-state index in [9.17, 15) is 0 Å². The zero-order valence-electron chi connectivity index (χ0n) is 10.0. The third-order valence-electron chi connectivity index (χ3n) is 1.96. The molecule has 0 atom stereocenters. The molecule has 0 aromatic carbocycles. The van der Waals surface area contributed by atoms with Crippen molar-refractivity contribution in [3.63, 3.8) is 0 Å². The van der Waals surface area contributed by atoms with Gasteiger partial charge in [0.15, 0.2) is 0 Å². The third kappa shape index (κ3) is 11.9. The summed E-state index contributed by atoms with van der Waals surface area (Å²) in [7, 11) is 4.18. The van der Waals surface area contributed by atoms with Crippen LogP contribution in [0.25, 0.3) is 0 Å². The standard InChI is InChI=1S/C11H26N2O/c1-4-7-12-8-5-10-14-11-6-9-13(2)3/h12H,4-11H2,1-3H3. The highest BCUT2D eigenvalue weighted by atomic mass is 16.5. The molecule has 0 unspecified atom stereocenters. The van der Waals surface area contributed by atoms with Crippen molar-refractivity contribution in [2.24, 2.45) is 0 Å². The van der Waals surface area contributed by atoms with Crippen molar-refractivity contribution in [1.29, 1.82) is 0 Å². The van der Waals surface area contributed by atoms with Crippen LogP contribution in [0.3, 0.4) is 0 Å². The Balaban J connectivity index is 2.85. The topological polar surface area (TPSA) is 24.5 Å². The van der Waals surface area contributed by atoms with Crippen LogP contribution >= 0.6 is 0 Å². The molecular formula is C11H26N2O. The number of nitrogens with zero attached hydrogens (tertiary/aromatic N) is 1. The molecule has 3 nitrogen and oxygen atoms in total. The number of hydrogen-bond donors (Lipinski definition) is 1. The summed E-state index contributed by atoms with van der Waals surface area (Å²) in [6.07, 6.45) is 3.47. The Kier molecular flexibility index (Phi) is 10.9. The molecule has 0 aromatic rings. The zero-order chi connectivity index (χ0) is 10.6. The van der Waals surface area contributed by atoms with E-state index in [4.69, 9.17) is 4.74 Å². The first-order valence-electron chi connectivity index (χ1n) is 5.70. The second-order valence-corrected chi connectivity index (χ2v) is 3.87. The number of rotatable bonds is 10. The van der Waals surface area contributed by atoms with Crippen LogP contribution in [-0.4, -0.2) is 51.8 Å². The van der Waals surface area contributed by atoms with Crippen molar-refractivity contribution in [3.8, 4) is 0 Å². The highest BCUT2D eigenvalue weighted by Gasteiger charge is 1.91. The number of ether oxygens (including phenoxy) is 1. The molecular weight excluding hydrogens is 176 g/mol. The predicted molar refractivity (Wildman–Crippen MR) is 61.8 cm³/mol. The van der Waals surface area contributed by atoms with Crippen molar-refractivity contribution < 1.29 is 4.74 Å². The molecule has 0 heterocycles. The van der Waals surface area contributed by atoms with Gasteiger partial charge in [-0.25, -0.2) is 0 Å². The summed E-state index contributed by atoms with van der Waals surface area (Å²) >= 11 is 0. The minimum absolute atomic E-state index is 0.893. The maximum Gasteiger partial charge on any atom is 0.0478 e. The largest absolute Gasteiger partial charge is 0.381 e. The quantitative estimate of drug-likeness (QED) is 0.541. The molecule has 0 aliphatic carbocycles. The van der Waals surface area contributed by atoms with Crippen LogP contribution in [0.5, 0.6) is 0 Å². The highest BCUT2D eigenvalue weighted by Crippen LogP contribution is 1.87. The maximum atomic E-state index is 5.50. The molecule has 0 bridgehead atoms. The lowest BCUT2D eigenvalue weighted by Crippen LogP contribution is -2.18. The summed E-state index contributed by atoms with van der Waals surface area (Å²) in [6, 6.07) is 0. The van der Waals surface area contributed by atoms with E-state index >= 15 is 0 Å². The third-order valence-corrected chi connectivity index (χ3v) is 1.96. The Morgan fingerprint density at radius 2 is 1.79 bits per heavy atom. The van der Waals surface area contributed by atoms with Gasteiger partial charge in [-0.2, -0.15) is 0 Å². The second-order valence-electron chi connectivity index (χ2n) is 3.87. The summed E-state index contributed by atoms with van der Waals surface area (Å²) < 4.78 is 5.50. The summed E-state index contributed by atoms with van der Waals surface area (Å²) in [5, 5.41) is 3.36. The summed E-state index contributed by atoms with van der Waals surface area (Å²) in [5.74, 6) is 0. The number of hydrogen-bond acceptors (Lipinski definition) is 3. The first kappa shape index (κ1) is 13.9. The Hall–Kier alpha value is -0.120. The van der Waals surface area contributed by atoms with Crippen LogP contribution in [0.1, 0.15) is 26.2 Å². The molecule has 0 aliphatic rings. The molecule has 0 aliphatic heterocycles. The maximum absolute atomic E-state index is 5.50. The van der Waals surface area contributed by atoms with Gasteiger partial charge in [0, 0.05) is 13.2 Å². The van der Waals surface area contributed by atoms with E-state index in [2.05, 4.69) is 31.2 Å². The SMILES string of the molecule is CCCNCCCOCCCN(C)C. The smallest absolute Gasteiger partial charge is 0.0478 e. The van der Waals surface area contributed by atoms with Crippen molar-refractivity contribution in [2.45, 2.75) is 26.2 Å². The van der Waals surface area contributed by atoms with Crippen molar-refractivity contribution in [3.05, 3.63) is 0 Å². The van der Waals surface area contributed by atoms with E-state index in [1.807, 2.05) is 0 Å². The van der Waals surface area contributed by atoms with Gasteiger partial charge in [-0.15, -0.1) is 0 Å². The van der Waals surface area contributed by atoms with Crippen LogP contribution < -0.4 is 5.32 Å². The molecule has 1 N–H and O–H groups in total. The Morgan fingerprint density at radius 1 is 1.07 bits per heavy atom. The molecule has 0 radical (unpaired) electrons. The van der Waals surface area contributed by atoms with Crippen LogP contribution in [0.4, 0.5) is 0 Å². The lowest BCUT2D eigenvalue weighted by atomic mass is 10.4. The summed E-state index contributed by atoms with van der Waals surface area (Å²) in [5.41, 5.74) is 0. The van der Waals surface area contributed by atoms with Gasteiger partial charge < -0.3 is 15.0 Å². The lowest BCUT2D eigenvalue weighted by molar-refractivity contribution is 0.123. The van der Waals surface area contributed by atoms with Gasteiger partial charge in [0.05, 0.1) is 0 Å². The van der Waals surface area contributed by atoms with Crippen molar-refractivity contribution >= 4 is 0 Å². The van der Waals surface area contributed by atoms with Gasteiger partial charge >= 0.3 is 0 Å². The Bertz CT molecular complexity index is 107. The molecule has 3 heteroatoms.